The van der Waals surface area contributed by atoms with Gasteiger partial charge in [0.15, 0.2) is 0 Å². The van der Waals surface area contributed by atoms with E-state index in [4.69, 9.17) is 0 Å². The van der Waals surface area contributed by atoms with Crippen LogP contribution in [0, 0.1) is 0 Å². The van der Waals surface area contributed by atoms with Crippen LogP contribution >= 0.6 is 11.8 Å². The van der Waals surface area contributed by atoms with E-state index >= 15 is 0 Å². The Morgan fingerprint density at radius 2 is 1.87 bits per heavy atom. The summed E-state index contributed by atoms with van der Waals surface area (Å²) < 4.78 is 0. The van der Waals surface area contributed by atoms with Crippen LogP contribution in [0.15, 0.2) is 35.2 Å². The number of thioether (sulfide) groups is 1. The zero-order chi connectivity index (χ0) is 11.1. The van der Waals surface area contributed by atoms with Crippen LogP contribution in [0.2, 0.25) is 0 Å². The van der Waals surface area contributed by atoms with Crippen molar-refractivity contribution in [2.24, 2.45) is 0 Å². The van der Waals surface area contributed by atoms with Crippen molar-refractivity contribution in [1.82, 2.24) is 4.90 Å². The Morgan fingerprint density at radius 1 is 1.20 bits per heavy atom. The minimum atomic E-state index is 0.659. The molecule has 2 heteroatoms. The normalized spacial score (nSPS) is 11.3. The molecule has 0 aliphatic heterocycles. The van der Waals surface area contributed by atoms with Crippen LogP contribution < -0.4 is 0 Å². The Morgan fingerprint density at radius 3 is 2.40 bits per heavy atom. The molecule has 0 spiro atoms. The van der Waals surface area contributed by atoms with E-state index in [1.165, 1.54) is 17.2 Å². The maximum absolute atomic E-state index is 2.50. The molecule has 0 atom stereocenters. The molecule has 1 aromatic carbocycles. The third-order valence-electron chi connectivity index (χ3n) is 2.53. The topological polar surface area (TPSA) is 3.24 Å². The Labute approximate surface area is 97.9 Å². The first-order valence-electron chi connectivity index (χ1n) is 5.66. The molecule has 1 aromatic rings. The number of hydrogen-bond donors (Lipinski definition) is 0. The van der Waals surface area contributed by atoms with Crippen molar-refractivity contribution < 1.29 is 0 Å². The largest absolute Gasteiger partial charge is 0.300 e. The molecule has 0 aromatic heterocycles. The maximum atomic E-state index is 2.50. The first-order chi connectivity index (χ1) is 7.24. The van der Waals surface area contributed by atoms with Crippen LogP contribution in [0.4, 0.5) is 0 Å². The van der Waals surface area contributed by atoms with Gasteiger partial charge in [-0.3, -0.25) is 0 Å². The first-order valence-corrected chi connectivity index (χ1v) is 6.64. The zero-order valence-corrected chi connectivity index (χ0v) is 10.8. The lowest BCUT2D eigenvalue weighted by Crippen LogP contribution is -2.32. The summed E-state index contributed by atoms with van der Waals surface area (Å²) in [4.78, 5) is 3.87. The highest BCUT2D eigenvalue weighted by atomic mass is 32.2. The monoisotopic (exact) mass is 223 g/mol. The van der Waals surface area contributed by atoms with E-state index in [1.54, 1.807) is 0 Å². The van der Waals surface area contributed by atoms with Crippen molar-refractivity contribution >= 4 is 11.8 Å². The van der Waals surface area contributed by atoms with Gasteiger partial charge in [-0.2, -0.15) is 0 Å². The molecule has 0 fully saturated rings. The van der Waals surface area contributed by atoms with Gasteiger partial charge in [0.1, 0.15) is 0 Å². The maximum Gasteiger partial charge on any atom is 0.0108 e. The van der Waals surface area contributed by atoms with Gasteiger partial charge in [0.05, 0.1) is 0 Å². The van der Waals surface area contributed by atoms with Crippen molar-refractivity contribution in [3.8, 4) is 0 Å². The average molecular weight is 223 g/mol. The Kier molecular flexibility index (Phi) is 5.81. The third-order valence-corrected chi connectivity index (χ3v) is 3.52. The molecule has 1 nitrogen and oxygen atoms in total. The summed E-state index contributed by atoms with van der Waals surface area (Å²) in [6.45, 7) is 9.07. The van der Waals surface area contributed by atoms with Crippen molar-refractivity contribution in [3.63, 3.8) is 0 Å². The van der Waals surface area contributed by atoms with Crippen molar-refractivity contribution in [1.29, 1.82) is 0 Å². The summed E-state index contributed by atoms with van der Waals surface area (Å²) >= 11 is 1.94. The quantitative estimate of drug-likeness (QED) is 0.679. The van der Waals surface area contributed by atoms with Crippen molar-refractivity contribution in [3.05, 3.63) is 30.3 Å². The molecule has 0 aliphatic rings. The lowest BCUT2D eigenvalue weighted by atomic mass is 10.3. The van der Waals surface area contributed by atoms with Gasteiger partial charge >= 0.3 is 0 Å². The fraction of sp³-hybridized carbons (Fsp3) is 0.538. The van der Waals surface area contributed by atoms with Crippen molar-refractivity contribution in [2.45, 2.75) is 31.7 Å². The van der Waals surface area contributed by atoms with E-state index in [2.05, 4.69) is 56.0 Å². The van der Waals surface area contributed by atoms with E-state index in [9.17, 15) is 0 Å². The molecule has 15 heavy (non-hydrogen) atoms. The molecule has 0 bridgehead atoms. The Bertz CT molecular complexity index is 258. The van der Waals surface area contributed by atoms with E-state index in [1.807, 2.05) is 11.8 Å². The molecule has 84 valence electrons. The number of hydrogen-bond acceptors (Lipinski definition) is 2. The Hall–Kier alpha value is -0.470. The van der Waals surface area contributed by atoms with Crippen LogP contribution in [-0.2, 0) is 0 Å². The molecule has 0 saturated carbocycles. The van der Waals surface area contributed by atoms with E-state index in [0.717, 1.165) is 6.54 Å². The van der Waals surface area contributed by atoms with Crippen molar-refractivity contribution in [2.75, 3.05) is 18.8 Å². The van der Waals surface area contributed by atoms with Crippen LogP contribution in [0.25, 0.3) is 0 Å². The van der Waals surface area contributed by atoms with E-state index in [0.29, 0.717) is 6.04 Å². The average Bonchev–Trinajstić information content (AvgIpc) is 2.25. The fourth-order valence-electron chi connectivity index (χ4n) is 1.58. The first kappa shape index (κ1) is 12.6. The van der Waals surface area contributed by atoms with Crippen LogP contribution in [0.3, 0.4) is 0 Å². The summed E-state index contributed by atoms with van der Waals surface area (Å²) in [5.74, 6) is 1.18. The second kappa shape index (κ2) is 6.91. The molecule has 0 heterocycles. The molecule has 1 rings (SSSR count). The lowest BCUT2D eigenvalue weighted by Gasteiger charge is -2.24. The lowest BCUT2D eigenvalue weighted by molar-refractivity contribution is 0.249. The minimum Gasteiger partial charge on any atom is -0.300 e. The van der Waals surface area contributed by atoms with Gasteiger partial charge in [-0.15, -0.1) is 11.8 Å². The molecule has 0 aliphatic carbocycles. The van der Waals surface area contributed by atoms with Gasteiger partial charge in [0, 0.05) is 23.2 Å². The molecular formula is C13H21NS. The molecule has 0 N–H and O–H groups in total. The second-order valence-electron chi connectivity index (χ2n) is 3.88. The Balaban J connectivity index is 2.27. The second-order valence-corrected chi connectivity index (χ2v) is 5.05. The summed E-state index contributed by atoms with van der Waals surface area (Å²) in [5.41, 5.74) is 0. The molecule has 0 radical (unpaired) electrons. The molecule has 0 unspecified atom stereocenters. The van der Waals surface area contributed by atoms with Gasteiger partial charge < -0.3 is 4.90 Å². The van der Waals surface area contributed by atoms with Crippen LogP contribution in [-0.4, -0.2) is 29.8 Å². The predicted molar refractivity (Wildman–Crippen MR) is 69.5 cm³/mol. The SMILES string of the molecule is CCN(CCSc1ccccc1)C(C)C. The summed E-state index contributed by atoms with van der Waals surface area (Å²) in [5, 5.41) is 0. The van der Waals surface area contributed by atoms with Gasteiger partial charge in [-0.25, -0.2) is 0 Å². The standard InChI is InChI=1S/C13H21NS/c1-4-14(12(2)3)10-11-15-13-8-6-5-7-9-13/h5-9,12H,4,10-11H2,1-3H3. The van der Waals surface area contributed by atoms with Gasteiger partial charge in [-0.05, 0) is 32.5 Å². The van der Waals surface area contributed by atoms with Gasteiger partial charge in [0.25, 0.3) is 0 Å². The third kappa shape index (κ3) is 4.72. The summed E-state index contributed by atoms with van der Waals surface area (Å²) in [6, 6.07) is 11.3. The fourth-order valence-corrected chi connectivity index (χ4v) is 2.49. The molecular weight excluding hydrogens is 202 g/mol. The summed E-state index contributed by atoms with van der Waals surface area (Å²) in [6.07, 6.45) is 0. The van der Waals surface area contributed by atoms with E-state index < -0.39 is 0 Å². The smallest absolute Gasteiger partial charge is 0.0108 e. The van der Waals surface area contributed by atoms with Crippen LogP contribution in [0.5, 0.6) is 0 Å². The number of nitrogens with zero attached hydrogens (tertiary/aromatic N) is 1. The van der Waals surface area contributed by atoms with Crippen LogP contribution in [0.1, 0.15) is 20.8 Å². The van der Waals surface area contributed by atoms with Gasteiger partial charge in [0.2, 0.25) is 0 Å². The highest BCUT2D eigenvalue weighted by Crippen LogP contribution is 2.17. The highest BCUT2D eigenvalue weighted by Gasteiger charge is 2.05. The van der Waals surface area contributed by atoms with E-state index in [-0.39, 0.29) is 0 Å². The highest BCUT2D eigenvalue weighted by molar-refractivity contribution is 7.99. The number of rotatable bonds is 6. The summed E-state index contributed by atoms with van der Waals surface area (Å²) in [7, 11) is 0. The molecule has 0 saturated heterocycles. The zero-order valence-electron chi connectivity index (χ0n) is 9.94. The molecule has 0 amide bonds. The minimum absolute atomic E-state index is 0.659. The van der Waals surface area contributed by atoms with Gasteiger partial charge in [-0.1, -0.05) is 25.1 Å². The number of benzene rings is 1. The predicted octanol–water partition coefficient (Wildman–Crippen LogP) is 3.51.